The van der Waals surface area contributed by atoms with E-state index >= 15 is 0 Å². The van der Waals surface area contributed by atoms with Crippen LogP contribution >= 0.6 is 0 Å². The number of benzene rings is 1. The number of halogens is 3. The van der Waals surface area contributed by atoms with Crippen LogP contribution in [-0.4, -0.2) is 12.2 Å². The molecule has 0 saturated carbocycles. The molecule has 1 aliphatic rings. The van der Waals surface area contributed by atoms with Gasteiger partial charge in [0, 0.05) is 6.54 Å². The van der Waals surface area contributed by atoms with Crippen LogP contribution in [0.4, 0.5) is 13.2 Å². The van der Waals surface area contributed by atoms with E-state index in [1.807, 2.05) is 6.07 Å². The Bertz CT molecular complexity index is 446. The summed E-state index contributed by atoms with van der Waals surface area (Å²) in [6, 6.07) is 5.28. The van der Waals surface area contributed by atoms with Crippen molar-refractivity contribution in [1.29, 1.82) is 5.26 Å². The molecule has 0 bridgehead atoms. The van der Waals surface area contributed by atoms with E-state index in [1.54, 1.807) is 18.2 Å². The van der Waals surface area contributed by atoms with Gasteiger partial charge in [0.15, 0.2) is 0 Å². The molecule has 0 unspecified atom stereocenters. The maximum Gasteiger partial charge on any atom is 0.404 e. The molecule has 0 aliphatic carbocycles. The van der Waals surface area contributed by atoms with Crippen molar-refractivity contribution < 1.29 is 13.2 Å². The van der Waals surface area contributed by atoms with Crippen LogP contribution in [0.2, 0.25) is 0 Å². The summed E-state index contributed by atoms with van der Waals surface area (Å²) in [5.74, 6) is 0. The Hall–Kier alpha value is -1.54. The van der Waals surface area contributed by atoms with Crippen molar-refractivity contribution in [3.63, 3.8) is 0 Å². The van der Waals surface area contributed by atoms with Crippen molar-refractivity contribution in [2.45, 2.75) is 25.2 Å². The number of hydrogen-bond donors (Lipinski definition) is 1. The van der Waals surface area contributed by atoms with Crippen molar-refractivity contribution in [2.24, 2.45) is 0 Å². The molecule has 1 N–H and O–H groups in total. The van der Waals surface area contributed by atoms with Gasteiger partial charge < -0.3 is 5.32 Å². The number of fused-ring (bicyclic) bond motifs is 1. The fraction of sp³-hybridized carbons (Fsp3) is 0.364. The predicted octanol–water partition coefficient (Wildman–Crippen LogP) is 2.13. The van der Waals surface area contributed by atoms with Crippen LogP contribution in [0.1, 0.15) is 16.7 Å². The lowest BCUT2D eigenvalue weighted by atomic mass is 9.94. The average Bonchev–Trinajstić information content (AvgIpc) is 2.26. The minimum atomic E-state index is -4.22. The Kier molecular flexibility index (Phi) is 2.60. The second kappa shape index (κ2) is 3.80. The molecule has 0 saturated heterocycles. The molecule has 2 rings (SSSR count). The molecule has 1 aromatic carbocycles. The number of rotatable bonds is 0. The maximum atomic E-state index is 12.5. The third kappa shape index (κ3) is 2.02. The third-order valence-corrected chi connectivity index (χ3v) is 2.69. The molecule has 1 atom stereocenters. The van der Waals surface area contributed by atoms with Gasteiger partial charge in [-0.15, -0.1) is 0 Å². The second-order valence-corrected chi connectivity index (χ2v) is 3.77. The van der Waals surface area contributed by atoms with Crippen LogP contribution in [0.3, 0.4) is 0 Å². The number of nitrogens with one attached hydrogen (secondary N) is 1. The van der Waals surface area contributed by atoms with Gasteiger partial charge in [-0.1, -0.05) is 6.07 Å². The van der Waals surface area contributed by atoms with Crippen molar-refractivity contribution in [3.05, 3.63) is 34.9 Å². The lowest BCUT2D eigenvalue weighted by Gasteiger charge is -2.27. The normalized spacial score (nSPS) is 20.0. The van der Waals surface area contributed by atoms with Crippen LogP contribution in [0.15, 0.2) is 18.2 Å². The molecule has 0 amide bonds. The lowest BCUT2D eigenvalue weighted by Crippen LogP contribution is -2.46. The standard InChI is InChI=1S/C11H9F3N2/c12-11(13,14)10-4-8-2-1-7(5-15)3-9(8)6-16-10/h1-3,10,16H,4,6H2/t10-/m1/s1. The highest BCUT2D eigenvalue weighted by atomic mass is 19.4. The van der Waals surface area contributed by atoms with E-state index < -0.39 is 12.2 Å². The Balaban J connectivity index is 2.26. The van der Waals surface area contributed by atoms with Crippen LogP contribution in [0.5, 0.6) is 0 Å². The minimum Gasteiger partial charge on any atom is -0.302 e. The summed E-state index contributed by atoms with van der Waals surface area (Å²) < 4.78 is 37.4. The van der Waals surface area contributed by atoms with Crippen LogP contribution in [0.25, 0.3) is 0 Å². The quantitative estimate of drug-likeness (QED) is 0.735. The van der Waals surface area contributed by atoms with Gasteiger partial charge in [0.1, 0.15) is 6.04 Å². The second-order valence-electron chi connectivity index (χ2n) is 3.77. The molecule has 1 heterocycles. The number of hydrogen-bond acceptors (Lipinski definition) is 2. The van der Waals surface area contributed by atoms with Gasteiger partial charge in [-0.25, -0.2) is 0 Å². The van der Waals surface area contributed by atoms with Crippen LogP contribution < -0.4 is 5.32 Å². The maximum absolute atomic E-state index is 12.5. The zero-order valence-electron chi connectivity index (χ0n) is 8.30. The van der Waals surface area contributed by atoms with Crippen molar-refractivity contribution >= 4 is 0 Å². The molecular formula is C11H9F3N2. The molecule has 0 aromatic heterocycles. The highest BCUT2D eigenvalue weighted by Crippen LogP contribution is 2.28. The molecule has 2 nitrogen and oxygen atoms in total. The van der Waals surface area contributed by atoms with Crippen molar-refractivity contribution in [1.82, 2.24) is 5.32 Å². The average molecular weight is 226 g/mol. The van der Waals surface area contributed by atoms with Gasteiger partial charge in [-0.2, -0.15) is 18.4 Å². The largest absolute Gasteiger partial charge is 0.404 e. The van der Waals surface area contributed by atoms with E-state index in [4.69, 9.17) is 5.26 Å². The van der Waals surface area contributed by atoms with E-state index in [0.29, 0.717) is 11.1 Å². The van der Waals surface area contributed by atoms with Gasteiger partial charge in [0.2, 0.25) is 0 Å². The van der Waals surface area contributed by atoms with E-state index in [-0.39, 0.29) is 13.0 Å². The molecule has 1 aromatic rings. The Morgan fingerprint density at radius 2 is 2.06 bits per heavy atom. The molecule has 0 radical (unpaired) electrons. The SMILES string of the molecule is N#Cc1ccc2c(c1)CN[C@@H](C(F)(F)F)C2. The first-order valence-corrected chi connectivity index (χ1v) is 4.82. The summed E-state index contributed by atoms with van der Waals surface area (Å²) in [5.41, 5.74) is 1.92. The molecule has 16 heavy (non-hydrogen) atoms. The van der Waals surface area contributed by atoms with Gasteiger partial charge in [-0.3, -0.25) is 0 Å². The van der Waals surface area contributed by atoms with Crippen molar-refractivity contribution in [2.75, 3.05) is 0 Å². The fourth-order valence-corrected chi connectivity index (χ4v) is 1.82. The van der Waals surface area contributed by atoms with E-state index in [9.17, 15) is 13.2 Å². The Morgan fingerprint density at radius 3 is 2.69 bits per heavy atom. The topological polar surface area (TPSA) is 35.8 Å². The molecule has 5 heteroatoms. The van der Waals surface area contributed by atoms with Gasteiger partial charge in [-0.05, 0) is 29.7 Å². The molecule has 1 aliphatic heterocycles. The first-order valence-electron chi connectivity index (χ1n) is 4.82. The summed E-state index contributed by atoms with van der Waals surface area (Å²) in [6.45, 7) is 0.162. The summed E-state index contributed by atoms with van der Waals surface area (Å²) in [6.07, 6.45) is -4.28. The number of nitriles is 1. The lowest BCUT2D eigenvalue weighted by molar-refractivity contribution is -0.157. The number of nitrogens with zero attached hydrogens (tertiary/aromatic N) is 1. The molecule has 0 fully saturated rings. The summed E-state index contributed by atoms with van der Waals surface area (Å²) in [7, 11) is 0. The smallest absolute Gasteiger partial charge is 0.302 e. The van der Waals surface area contributed by atoms with Crippen LogP contribution in [-0.2, 0) is 13.0 Å². The van der Waals surface area contributed by atoms with E-state index in [0.717, 1.165) is 5.56 Å². The fourth-order valence-electron chi connectivity index (χ4n) is 1.82. The highest BCUT2D eigenvalue weighted by molar-refractivity contribution is 5.39. The molecule has 84 valence electrons. The predicted molar refractivity (Wildman–Crippen MR) is 51.5 cm³/mol. The van der Waals surface area contributed by atoms with E-state index in [1.165, 1.54) is 0 Å². The summed E-state index contributed by atoms with van der Waals surface area (Å²) >= 11 is 0. The highest BCUT2D eigenvalue weighted by Gasteiger charge is 2.41. The summed E-state index contributed by atoms with van der Waals surface area (Å²) in [4.78, 5) is 0. The van der Waals surface area contributed by atoms with E-state index in [2.05, 4.69) is 5.32 Å². The zero-order chi connectivity index (χ0) is 11.8. The first-order chi connectivity index (χ1) is 7.50. The number of alkyl halides is 3. The van der Waals surface area contributed by atoms with Crippen molar-refractivity contribution in [3.8, 4) is 6.07 Å². The Morgan fingerprint density at radius 1 is 1.31 bits per heavy atom. The first kappa shape index (κ1) is 11.0. The minimum absolute atomic E-state index is 0.0649. The monoisotopic (exact) mass is 226 g/mol. The van der Waals surface area contributed by atoms with Crippen LogP contribution in [0, 0.1) is 11.3 Å². The summed E-state index contributed by atoms with van der Waals surface area (Å²) in [5, 5.41) is 11.1. The molecule has 0 spiro atoms. The van der Waals surface area contributed by atoms with Gasteiger partial charge >= 0.3 is 6.18 Å². The molecular weight excluding hydrogens is 217 g/mol. The Labute approximate surface area is 90.7 Å². The zero-order valence-corrected chi connectivity index (χ0v) is 8.30. The third-order valence-electron chi connectivity index (χ3n) is 2.69. The van der Waals surface area contributed by atoms with Gasteiger partial charge in [0.25, 0.3) is 0 Å². The van der Waals surface area contributed by atoms with Gasteiger partial charge in [0.05, 0.1) is 11.6 Å².